The van der Waals surface area contributed by atoms with E-state index in [0.29, 0.717) is 30.7 Å². The van der Waals surface area contributed by atoms with Gasteiger partial charge in [-0.3, -0.25) is 9.79 Å². The molecule has 1 aliphatic rings. The maximum atomic E-state index is 11.3. The van der Waals surface area contributed by atoms with Gasteiger partial charge in [0.25, 0.3) is 0 Å². The number of Topliss-reactive ketones (excluding diaryl/α,β-unsaturated/α-hetero) is 1. The van der Waals surface area contributed by atoms with Gasteiger partial charge >= 0.3 is 0 Å². The second-order valence-electron chi connectivity index (χ2n) is 2.96. The quantitative estimate of drug-likeness (QED) is 0.530. The average molecular weight is 179 g/mol. The molecule has 0 aromatic carbocycles. The summed E-state index contributed by atoms with van der Waals surface area (Å²) in [6.45, 7) is 5.74. The molecule has 0 aromatic heterocycles. The van der Waals surface area contributed by atoms with E-state index in [1.807, 2.05) is 0 Å². The third-order valence-electron chi connectivity index (χ3n) is 1.98. The summed E-state index contributed by atoms with van der Waals surface area (Å²) in [5, 5.41) is 9.38. The summed E-state index contributed by atoms with van der Waals surface area (Å²) >= 11 is 0. The molecule has 0 unspecified atom stereocenters. The largest absolute Gasteiger partial charge is 0.511 e. The van der Waals surface area contributed by atoms with Gasteiger partial charge in [-0.1, -0.05) is 6.08 Å². The zero-order valence-electron chi connectivity index (χ0n) is 7.71. The minimum Gasteiger partial charge on any atom is -0.511 e. The zero-order valence-corrected chi connectivity index (χ0v) is 7.71. The number of nitrogens with zero attached hydrogens (tertiary/aromatic N) is 1. The number of ketones is 1. The van der Waals surface area contributed by atoms with Gasteiger partial charge in [-0.25, -0.2) is 0 Å². The van der Waals surface area contributed by atoms with Crippen molar-refractivity contribution in [3.63, 3.8) is 0 Å². The second-order valence-corrected chi connectivity index (χ2v) is 2.96. The van der Waals surface area contributed by atoms with Gasteiger partial charge < -0.3 is 5.11 Å². The lowest BCUT2D eigenvalue weighted by Crippen LogP contribution is -2.07. The SMILES string of the molecule is C=CCN=C(C)C1=C(O)CCC1=O. The molecular formula is C10H13NO2. The second kappa shape index (κ2) is 4.03. The smallest absolute Gasteiger partial charge is 0.168 e. The molecule has 1 N–H and O–H groups in total. The third kappa shape index (κ3) is 2.05. The molecule has 0 heterocycles. The minimum atomic E-state index is -0.0113. The van der Waals surface area contributed by atoms with Gasteiger partial charge in [0.2, 0.25) is 0 Å². The zero-order chi connectivity index (χ0) is 9.84. The number of carbonyl (C=O) groups is 1. The van der Waals surface area contributed by atoms with Crippen LogP contribution in [0.3, 0.4) is 0 Å². The summed E-state index contributed by atoms with van der Waals surface area (Å²) in [5.41, 5.74) is 1.02. The van der Waals surface area contributed by atoms with Crippen LogP contribution < -0.4 is 0 Å². The summed E-state index contributed by atoms with van der Waals surface area (Å²) in [5.74, 6) is 0.165. The fourth-order valence-electron chi connectivity index (χ4n) is 1.33. The van der Waals surface area contributed by atoms with Crippen molar-refractivity contribution in [3.05, 3.63) is 24.0 Å². The first-order valence-electron chi connectivity index (χ1n) is 4.24. The molecule has 0 spiro atoms. The average Bonchev–Trinajstić information content (AvgIpc) is 2.42. The number of aliphatic hydroxyl groups excluding tert-OH is 1. The number of hydrogen-bond acceptors (Lipinski definition) is 3. The molecule has 0 aromatic rings. The molecule has 3 heteroatoms. The summed E-state index contributed by atoms with van der Waals surface area (Å²) < 4.78 is 0. The first-order valence-corrected chi connectivity index (χ1v) is 4.24. The van der Waals surface area contributed by atoms with E-state index in [0.717, 1.165) is 0 Å². The Kier molecular flexibility index (Phi) is 3.01. The predicted molar refractivity (Wildman–Crippen MR) is 52.1 cm³/mol. The number of aliphatic imine (C=N–C) groups is 1. The molecule has 1 rings (SSSR count). The van der Waals surface area contributed by atoms with E-state index in [1.54, 1.807) is 13.0 Å². The van der Waals surface area contributed by atoms with Gasteiger partial charge in [-0.2, -0.15) is 0 Å². The summed E-state index contributed by atoms with van der Waals surface area (Å²) in [6.07, 6.45) is 2.51. The predicted octanol–water partition coefficient (Wildman–Crippen LogP) is 1.81. The van der Waals surface area contributed by atoms with Crippen molar-refractivity contribution in [1.82, 2.24) is 0 Å². The van der Waals surface area contributed by atoms with Crippen LogP contribution in [0.15, 0.2) is 29.0 Å². The lowest BCUT2D eigenvalue weighted by Gasteiger charge is -1.99. The Morgan fingerprint density at radius 1 is 1.69 bits per heavy atom. The molecule has 0 aliphatic heterocycles. The first kappa shape index (κ1) is 9.71. The van der Waals surface area contributed by atoms with Crippen LogP contribution in [-0.4, -0.2) is 23.1 Å². The first-order chi connectivity index (χ1) is 6.16. The van der Waals surface area contributed by atoms with E-state index in [-0.39, 0.29) is 11.5 Å². The highest BCUT2D eigenvalue weighted by molar-refractivity contribution is 6.23. The molecule has 0 atom stereocenters. The van der Waals surface area contributed by atoms with Crippen LogP contribution in [0.25, 0.3) is 0 Å². The van der Waals surface area contributed by atoms with Crippen molar-refractivity contribution in [1.29, 1.82) is 0 Å². The fraction of sp³-hybridized carbons (Fsp3) is 0.400. The van der Waals surface area contributed by atoms with Gasteiger partial charge in [-0.05, 0) is 6.92 Å². The molecule has 3 nitrogen and oxygen atoms in total. The Morgan fingerprint density at radius 2 is 2.38 bits per heavy atom. The van der Waals surface area contributed by atoms with Crippen LogP contribution in [-0.2, 0) is 4.79 Å². The van der Waals surface area contributed by atoms with Crippen molar-refractivity contribution in [2.24, 2.45) is 4.99 Å². The molecule has 0 amide bonds. The molecule has 0 saturated carbocycles. The van der Waals surface area contributed by atoms with E-state index in [9.17, 15) is 9.90 Å². The number of allylic oxidation sites excluding steroid dienone is 2. The Hall–Kier alpha value is -1.38. The van der Waals surface area contributed by atoms with E-state index >= 15 is 0 Å². The highest BCUT2D eigenvalue weighted by atomic mass is 16.3. The van der Waals surface area contributed by atoms with Crippen molar-refractivity contribution in [3.8, 4) is 0 Å². The van der Waals surface area contributed by atoms with Gasteiger partial charge in [0.05, 0.1) is 12.1 Å². The molecule has 1 aliphatic carbocycles. The summed E-state index contributed by atoms with van der Waals surface area (Å²) in [6, 6.07) is 0. The molecule has 0 bridgehead atoms. The normalized spacial score (nSPS) is 18.2. The van der Waals surface area contributed by atoms with Crippen molar-refractivity contribution in [2.45, 2.75) is 19.8 Å². The Labute approximate surface area is 77.5 Å². The maximum absolute atomic E-state index is 11.3. The Balaban J connectivity index is 2.87. The van der Waals surface area contributed by atoms with Crippen molar-refractivity contribution < 1.29 is 9.90 Å². The number of carbonyl (C=O) groups excluding carboxylic acids is 1. The maximum Gasteiger partial charge on any atom is 0.168 e. The molecule has 0 fully saturated rings. The topological polar surface area (TPSA) is 49.7 Å². The molecule has 0 radical (unpaired) electrons. The Bertz CT molecular complexity index is 300. The number of aliphatic hydroxyl groups is 1. The third-order valence-corrected chi connectivity index (χ3v) is 1.98. The van der Waals surface area contributed by atoms with Gasteiger partial charge in [0, 0.05) is 18.6 Å². The standard InChI is InChI=1S/C10H13NO2/c1-3-6-11-7(2)10-8(12)4-5-9(10)13/h3,12H,1,4-6H2,2H3. The molecule has 70 valence electrons. The van der Waals surface area contributed by atoms with Crippen molar-refractivity contribution >= 4 is 11.5 Å². The van der Waals surface area contributed by atoms with E-state index in [4.69, 9.17) is 0 Å². The van der Waals surface area contributed by atoms with Crippen LogP contribution in [0, 0.1) is 0 Å². The Morgan fingerprint density at radius 3 is 2.85 bits per heavy atom. The van der Waals surface area contributed by atoms with Gasteiger partial charge in [0.1, 0.15) is 5.76 Å². The lowest BCUT2D eigenvalue weighted by molar-refractivity contribution is -0.114. The van der Waals surface area contributed by atoms with E-state index in [1.165, 1.54) is 0 Å². The highest BCUT2D eigenvalue weighted by Gasteiger charge is 2.24. The van der Waals surface area contributed by atoms with E-state index < -0.39 is 0 Å². The van der Waals surface area contributed by atoms with Crippen LogP contribution in [0.5, 0.6) is 0 Å². The number of rotatable bonds is 3. The number of hydrogen-bond donors (Lipinski definition) is 1. The van der Waals surface area contributed by atoms with Crippen LogP contribution >= 0.6 is 0 Å². The van der Waals surface area contributed by atoms with Crippen LogP contribution in [0.1, 0.15) is 19.8 Å². The van der Waals surface area contributed by atoms with Crippen molar-refractivity contribution in [2.75, 3.05) is 6.54 Å². The van der Waals surface area contributed by atoms with E-state index in [2.05, 4.69) is 11.6 Å². The molecule has 13 heavy (non-hydrogen) atoms. The van der Waals surface area contributed by atoms with Crippen LogP contribution in [0.2, 0.25) is 0 Å². The van der Waals surface area contributed by atoms with Gasteiger partial charge in [-0.15, -0.1) is 6.58 Å². The van der Waals surface area contributed by atoms with Gasteiger partial charge in [0.15, 0.2) is 5.78 Å². The summed E-state index contributed by atoms with van der Waals surface area (Å²) in [7, 11) is 0. The highest BCUT2D eigenvalue weighted by Crippen LogP contribution is 2.21. The lowest BCUT2D eigenvalue weighted by atomic mass is 10.1. The summed E-state index contributed by atoms with van der Waals surface area (Å²) in [4.78, 5) is 15.4. The molecule has 0 saturated heterocycles. The minimum absolute atomic E-state index is 0.0113. The fourth-order valence-corrected chi connectivity index (χ4v) is 1.33. The van der Waals surface area contributed by atoms with Crippen LogP contribution in [0.4, 0.5) is 0 Å². The monoisotopic (exact) mass is 179 g/mol. The molecular weight excluding hydrogens is 166 g/mol.